The first kappa shape index (κ1) is 18.7. The second-order valence-corrected chi connectivity index (χ2v) is 6.48. The summed E-state index contributed by atoms with van der Waals surface area (Å²) >= 11 is 3.76. The summed E-state index contributed by atoms with van der Waals surface area (Å²) in [7, 11) is 0. The van der Waals surface area contributed by atoms with E-state index in [4.69, 9.17) is 5.10 Å². The van der Waals surface area contributed by atoms with Crippen LogP contribution in [0.4, 0.5) is 0 Å². The summed E-state index contributed by atoms with van der Waals surface area (Å²) in [5.41, 5.74) is 2.55. The van der Waals surface area contributed by atoms with Crippen LogP contribution < -0.4 is 5.32 Å². The van der Waals surface area contributed by atoms with Crippen molar-refractivity contribution in [1.29, 1.82) is 0 Å². The van der Waals surface area contributed by atoms with Gasteiger partial charge in [-0.1, -0.05) is 46.5 Å². The number of halogens is 1. The minimum atomic E-state index is 0.565. The highest BCUT2D eigenvalue weighted by Gasteiger charge is 2.18. The topological polar surface area (TPSA) is 29.9 Å². The van der Waals surface area contributed by atoms with E-state index in [1.54, 1.807) is 0 Å². The largest absolute Gasteiger partial charge is 0.314 e. The Bertz CT molecular complexity index is 401. The van der Waals surface area contributed by atoms with Crippen LogP contribution in [0.5, 0.6) is 0 Å². The maximum atomic E-state index is 4.71. The van der Waals surface area contributed by atoms with Crippen LogP contribution in [-0.4, -0.2) is 22.4 Å². The Morgan fingerprint density at radius 1 is 1.14 bits per heavy atom. The molecule has 1 N–H and O–H groups in total. The molecule has 0 radical (unpaired) electrons. The van der Waals surface area contributed by atoms with E-state index in [1.807, 2.05) is 0 Å². The normalized spacial score (nSPS) is 12.8. The Morgan fingerprint density at radius 3 is 2.48 bits per heavy atom. The Kier molecular flexibility index (Phi) is 9.25. The number of hydrogen-bond acceptors (Lipinski definition) is 2. The predicted molar refractivity (Wildman–Crippen MR) is 94.9 cm³/mol. The van der Waals surface area contributed by atoms with Gasteiger partial charge in [-0.2, -0.15) is 5.10 Å². The molecule has 0 aliphatic heterocycles. The average Bonchev–Trinajstić information content (AvgIpc) is 2.79. The van der Waals surface area contributed by atoms with E-state index in [-0.39, 0.29) is 0 Å². The first-order chi connectivity index (χ1) is 10.2. The molecule has 0 aliphatic carbocycles. The van der Waals surface area contributed by atoms with E-state index in [0.29, 0.717) is 6.04 Å². The molecule has 3 nitrogen and oxygen atoms in total. The molecule has 0 aromatic carbocycles. The summed E-state index contributed by atoms with van der Waals surface area (Å²) in [5, 5.41) is 8.36. The van der Waals surface area contributed by atoms with Gasteiger partial charge in [0.25, 0.3) is 0 Å². The zero-order valence-corrected chi connectivity index (χ0v) is 15.8. The summed E-state index contributed by atoms with van der Waals surface area (Å²) in [4.78, 5) is 0. The smallest absolute Gasteiger partial charge is 0.0766 e. The lowest BCUT2D eigenvalue weighted by molar-refractivity contribution is 0.448. The molecule has 1 aromatic heterocycles. The van der Waals surface area contributed by atoms with E-state index >= 15 is 0 Å². The third-order valence-electron chi connectivity index (χ3n) is 4.03. The van der Waals surface area contributed by atoms with Crippen molar-refractivity contribution >= 4 is 15.9 Å². The van der Waals surface area contributed by atoms with Gasteiger partial charge in [-0.15, -0.1) is 0 Å². The second kappa shape index (κ2) is 10.4. The number of hydrogen-bond donors (Lipinski definition) is 1. The van der Waals surface area contributed by atoms with Crippen molar-refractivity contribution in [1.82, 2.24) is 15.1 Å². The maximum absolute atomic E-state index is 4.71. The van der Waals surface area contributed by atoms with Gasteiger partial charge >= 0.3 is 0 Å². The molecule has 0 amide bonds. The van der Waals surface area contributed by atoms with Gasteiger partial charge in [0, 0.05) is 19.0 Å². The Hall–Kier alpha value is -0.350. The SMILES string of the molecule is CCCCCCC(Cc1c(Br)c(CC)nn1CC)NCC. The quantitative estimate of drug-likeness (QED) is 0.580. The number of nitrogens with zero attached hydrogens (tertiary/aromatic N) is 2. The van der Waals surface area contributed by atoms with Gasteiger partial charge in [-0.3, -0.25) is 4.68 Å². The van der Waals surface area contributed by atoms with Crippen molar-refractivity contribution in [3.05, 3.63) is 15.9 Å². The maximum Gasteiger partial charge on any atom is 0.0766 e. The Labute approximate surface area is 139 Å². The number of rotatable bonds is 11. The van der Waals surface area contributed by atoms with Crippen LogP contribution in [0, 0.1) is 0 Å². The highest BCUT2D eigenvalue weighted by atomic mass is 79.9. The fourth-order valence-corrected chi connectivity index (χ4v) is 3.55. The van der Waals surface area contributed by atoms with Crippen LogP contribution in [-0.2, 0) is 19.4 Å². The van der Waals surface area contributed by atoms with Crippen molar-refractivity contribution in [3.63, 3.8) is 0 Å². The van der Waals surface area contributed by atoms with E-state index in [0.717, 1.165) is 25.9 Å². The van der Waals surface area contributed by atoms with Crippen molar-refractivity contribution in [3.8, 4) is 0 Å². The van der Waals surface area contributed by atoms with Crippen molar-refractivity contribution < 1.29 is 0 Å². The molecular weight excluding hydrogens is 326 g/mol. The molecule has 1 unspecified atom stereocenters. The van der Waals surface area contributed by atoms with Crippen LogP contribution in [0.25, 0.3) is 0 Å². The molecule has 1 heterocycles. The summed E-state index contributed by atoms with van der Waals surface area (Å²) in [6, 6.07) is 0.565. The van der Waals surface area contributed by atoms with Gasteiger partial charge in [0.2, 0.25) is 0 Å². The summed E-state index contributed by atoms with van der Waals surface area (Å²) in [5.74, 6) is 0. The number of aryl methyl sites for hydroxylation is 2. The van der Waals surface area contributed by atoms with Crippen LogP contribution in [0.3, 0.4) is 0 Å². The average molecular weight is 358 g/mol. The molecule has 1 aromatic rings. The van der Waals surface area contributed by atoms with E-state index in [2.05, 4.69) is 53.6 Å². The highest BCUT2D eigenvalue weighted by molar-refractivity contribution is 9.10. The van der Waals surface area contributed by atoms with Crippen LogP contribution in [0.1, 0.15) is 71.2 Å². The van der Waals surface area contributed by atoms with E-state index < -0.39 is 0 Å². The third-order valence-corrected chi connectivity index (χ3v) is 4.95. The first-order valence-corrected chi connectivity index (χ1v) is 9.44. The fraction of sp³-hybridized carbons (Fsp3) is 0.824. The van der Waals surface area contributed by atoms with E-state index in [9.17, 15) is 0 Å². The minimum absolute atomic E-state index is 0.565. The zero-order chi connectivity index (χ0) is 15.7. The molecule has 21 heavy (non-hydrogen) atoms. The molecule has 122 valence electrons. The van der Waals surface area contributed by atoms with Crippen LogP contribution in [0.2, 0.25) is 0 Å². The van der Waals surface area contributed by atoms with Gasteiger partial charge in [0.05, 0.1) is 15.9 Å². The van der Waals surface area contributed by atoms with Crippen molar-refractivity contribution in [2.75, 3.05) is 6.54 Å². The minimum Gasteiger partial charge on any atom is -0.314 e. The number of aromatic nitrogens is 2. The van der Waals surface area contributed by atoms with Gasteiger partial charge in [0.1, 0.15) is 0 Å². The number of unbranched alkanes of at least 4 members (excludes halogenated alkanes) is 3. The van der Waals surface area contributed by atoms with Gasteiger partial charge in [-0.05, 0) is 42.2 Å². The standard InChI is InChI=1S/C17H32BrN3/c1-5-9-10-11-12-14(19-7-3)13-16-17(18)15(6-2)20-21(16)8-4/h14,19H,5-13H2,1-4H3. The molecule has 0 saturated heterocycles. The lowest BCUT2D eigenvalue weighted by Gasteiger charge is -2.18. The Balaban J connectivity index is 2.71. The van der Waals surface area contributed by atoms with E-state index in [1.165, 1.54) is 48.0 Å². The highest BCUT2D eigenvalue weighted by Crippen LogP contribution is 2.24. The molecule has 0 aliphatic rings. The molecule has 1 atom stereocenters. The zero-order valence-electron chi connectivity index (χ0n) is 14.2. The number of likely N-dealkylation sites (N-methyl/N-ethyl adjacent to an activating group) is 1. The molecule has 0 fully saturated rings. The van der Waals surface area contributed by atoms with Gasteiger partial charge in [-0.25, -0.2) is 0 Å². The Morgan fingerprint density at radius 2 is 1.90 bits per heavy atom. The number of nitrogens with one attached hydrogen (secondary N) is 1. The summed E-state index contributed by atoms with van der Waals surface area (Å²) in [6.45, 7) is 10.8. The van der Waals surface area contributed by atoms with Crippen LogP contribution in [0.15, 0.2) is 4.47 Å². The lowest BCUT2D eigenvalue weighted by atomic mass is 10.0. The third kappa shape index (κ3) is 5.74. The molecule has 4 heteroatoms. The predicted octanol–water partition coefficient (Wildman–Crippen LogP) is 4.72. The lowest BCUT2D eigenvalue weighted by Crippen LogP contribution is -2.32. The monoisotopic (exact) mass is 357 g/mol. The summed E-state index contributed by atoms with van der Waals surface area (Å²) < 4.78 is 3.39. The van der Waals surface area contributed by atoms with Gasteiger partial charge < -0.3 is 5.32 Å². The summed E-state index contributed by atoms with van der Waals surface area (Å²) in [6.07, 6.45) is 8.66. The molecular formula is C17H32BrN3. The first-order valence-electron chi connectivity index (χ1n) is 8.65. The van der Waals surface area contributed by atoms with Gasteiger partial charge in [0.15, 0.2) is 0 Å². The second-order valence-electron chi connectivity index (χ2n) is 5.68. The molecule has 0 bridgehead atoms. The molecule has 1 rings (SSSR count). The van der Waals surface area contributed by atoms with Crippen LogP contribution >= 0.6 is 15.9 Å². The molecule has 0 spiro atoms. The molecule has 0 saturated carbocycles. The van der Waals surface area contributed by atoms with Crippen molar-refractivity contribution in [2.24, 2.45) is 0 Å². The fourth-order valence-electron chi connectivity index (χ4n) is 2.83. The van der Waals surface area contributed by atoms with Crippen molar-refractivity contribution in [2.45, 2.75) is 85.2 Å².